The summed E-state index contributed by atoms with van der Waals surface area (Å²) in [6.07, 6.45) is 1.73. The number of carbonyl (C=O) groups is 2. The monoisotopic (exact) mass is 427 g/mol. The summed E-state index contributed by atoms with van der Waals surface area (Å²) in [5, 5.41) is 6.04. The lowest BCUT2D eigenvalue weighted by Crippen LogP contribution is -2.48. The minimum Gasteiger partial charge on any atom is -0.335 e. The number of aryl methyl sites for hydroxylation is 1. The summed E-state index contributed by atoms with van der Waals surface area (Å²) in [4.78, 5) is 27.4. The molecule has 3 rings (SSSR count). The topological polar surface area (TPSA) is 61.4 Å². The van der Waals surface area contributed by atoms with E-state index in [0.717, 1.165) is 28.7 Å². The van der Waals surface area contributed by atoms with Crippen LogP contribution < -0.4 is 10.6 Å². The van der Waals surface area contributed by atoms with Gasteiger partial charge in [0.25, 0.3) is 11.8 Å². The molecule has 0 saturated carbocycles. The van der Waals surface area contributed by atoms with E-state index in [9.17, 15) is 9.59 Å². The number of rotatable bonds is 4. The molecule has 1 aliphatic heterocycles. The highest BCUT2D eigenvalue weighted by Gasteiger charge is 2.22. The zero-order valence-electron chi connectivity index (χ0n) is 15.2. The van der Waals surface area contributed by atoms with Crippen LogP contribution in [0.1, 0.15) is 21.5 Å². The molecular weight excluding hydrogens is 406 g/mol. The normalized spacial score (nSPS) is 14.7. The first-order valence-electron chi connectivity index (χ1n) is 8.88. The average Bonchev–Trinajstić information content (AvgIpc) is 2.69. The Labute approximate surface area is 167 Å². The summed E-state index contributed by atoms with van der Waals surface area (Å²) in [5.41, 5.74) is 2.73. The Morgan fingerprint density at radius 2 is 1.67 bits per heavy atom. The van der Waals surface area contributed by atoms with Crippen LogP contribution in [-0.4, -0.2) is 42.9 Å². The lowest BCUT2D eigenvalue weighted by molar-refractivity contribution is -0.127. The number of nitrogens with zero attached hydrogens (tertiary/aromatic N) is 1. The first kappa shape index (κ1) is 19.3. The minimum absolute atomic E-state index is 0.167. The van der Waals surface area contributed by atoms with E-state index in [1.54, 1.807) is 23.1 Å². The fraction of sp³-hybridized carbons (Fsp3) is 0.238. The van der Waals surface area contributed by atoms with Crippen molar-refractivity contribution < 1.29 is 9.59 Å². The summed E-state index contributed by atoms with van der Waals surface area (Å²) in [6.45, 7) is 4.72. The highest BCUT2D eigenvalue weighted by Crippen LogP contribution is 2.14. The van der Waals surface area contributed by atoms with Gasteiger partial charge in [-0.2, -0.15) is 0 Å². The van der Waals surface area contributed by atoms with Gasteiger partial charge in [0.2, 0.25) is 0 Å². The number of nitrogens with one attached hydrogen (secondary N) is 2. The summed E-state index contributed by atoms with van der Waals surface area (Å²) < 4.78 is 0.957. The summed E-state index contributed by atoms with van der Waals surface area (Å²) in [5.74, 6) is -0.457. The maximum absolute atomic E-state index is 13.0. The molecule has 1 fully saturated rings. The van der Waals surface area contributed by atoms with Gasteiger partial charge in [0.1, 0.15) is 5.70 Å². The van der Waals surface area contributed by atoms with E-state index in [1.807, 2.05) is 43.3 Å². The molecule has 1 heterocycles. The standard InChI is InChI=1S/C21H22BrN3O2/c1-15-2-6-17(7-3-15)20(26)24-19(14-16-4-8-18(22)9-5-16)21(27)25-12-10-23-11-13-25/h2-9,14,23H,10-13H2,1H3,(H,24,26). The van der Waals surface area contributed by atoms with E-state index >= 15 is 0 Å². The molecule has 2 aromatic carbocycles. The van der Waals surface area contributed by atoms with E-state index in [1.165, 1.54) is 0 Å². The molecular formula is C21H22BrN3O2. The molecule has 0 radical (unpaired) electrons. The maximum atomic E-state index is 13.0. The van der Waals surface area contributed by atoms with Crippen molar-refractivity contribution in [3.63, 3.8) is 0 Å². The molecule has 2 N–H and O–H groups in total. The fourth-order valence-corrected chi connectivity index (χ4v) is 3.08. The molecule has 0 aromatic heterocycles. The van der Waals surface area contributed by atoms with E-state index in [0.29, 0.717) is 18.7 Å². The Morgan fingerprint density at radius 3 is 2.30 bits per heavy atom. The van der Waals surface area contributed by atoms with Crippen molar-refractivity contribution in [1.82, 2.24) is 15.5 Å². The molecule has 0 spiro atoms. The molecule has 0 atom stereocenters. The third-order valence-electron chi connectivity index (χ3n) is 4.38. The molecule has 5 nitrogen and oxygen atoms in total. The van der Waals surface area contributed by atoms with Gasteiger partial charge >= 0.3 is 0 Å². The predicted octanol–water partition coefficient (Wildman–Crippen LogP) is 2.96. The van der Waals surface area contributed by atoms with Crippen LogP contribution in [0.25, 0.3) is 6.08 Å². The molecule has 0 aliphatic carbocycles. The third kappa shape index (κ3) is 5.28. The van der Waals surface area contributed by atoms with Crippen molar-refractivity contribution in [2.24, 2.45) is 0 Å². The molecule has 1 aliphatic rings. The van der Waals surface area contributed by atoms with Crippen LogP contribution in [0.15, 0.2) is 58.7 Å². The Hall–Kier alpha value is -2.44. The van der Waals surface area contributed by atoms with Crippen LogP contribution in [0.3, 0.4) is 0 Å². The van der Waals surface area contributed by atoms with Gasteiger partial charge < -0.3 is 15.5 Å². The molecule has 0 unspecified atom stereocenters. The maximum Gasteiger partial charge on any atom is 0.270 e. The van der Waals surface area contributed by atoms with Gasteiger partial charge in [-0.15, -0.1) is 0 Å². The lowest BCUT2D eigenvalue weighted by Gasteiger charge is -2.28. The quantitative estimate of drug-likeness (QED) is 0.737. The highest BCUT2D eigenvalue weighted by molar-refractivity contribution is 9.10. The van der Waals surface area contributed by atoms with Crippen molar-refractivity contribution in [3.8, 4) is 0 Å². The predicted molar refractivity (Wildman–Crippen MR) is 110 cm³/mol. The SMILES string of the molecule is Cc1ccc(C(=O)NC(=Cc2ccc(Br)cc2)C(=O)N2CCNCC2)cc1. The number of hydrogen-bond donors (Lipinski definition) is 2. The molecule has 6 heteroatoms. The summed E-state index contributed by atoms with van der Waals surface area (Å²) >= 11 is 3.41. The average molecular weight is 428 g/mol. The number of hydrogen-bond acceptors (Lipinski definition) is 3. The molecule has 2 aromatic rings. The summed E-state index contributed by atoms with van der Waals surface area (Å²) in [7, 11) is 0. The Bertz CT molecular complexity index is 839. The number of carbonyl (C=O) groups excluding carboxylic acids is 2. The van der Waals surface area contributed by atoms with Crippen molar-refractivity contribution in [3.05, 3.63) is 75.4 Å². The smallest absolute Gasteiger partial charge is 0.270 e. The fourth-order valence-electron chi connectivity index (χ4n) is 2.81. The lowest BCUT2D eigenvalue weighted by atomic mass is 10.1. The number of benzene rings is 2. The first-order chi connectivity index (χ1) is 13.0. The third-order valence-corrected chi connectivity index (χ3v) is 4.91. The second kappa shape index (κ2) is 8.97. The van der Waals surface area contributed by atoms with E-state index in [2.05, 4.69) is 26.6 Å². The van der Waals surface area contributed by atoms with Crippen LogP contribution in [0, 0.1) is 6.92 Å². The number of halogens is 1. The number of amides is 2. The van der Waals surface area contributed by atoms with Gasteiger partial charge in [0.15, 0.2) is 0 Å². The van der Waals surface area contributed by atoms with Gasteiger partial charge in [0, 0.05) is 36.2 Å². The Kier molecular flexibility index (Phi) is 6.42. The zero-order valence-corrected chi connectivity index (χ0v) is 16.8. The molecule has 1 saturated heterocycles. The second-order valence-electron chi connectivity index (χ2n) is 6.47. The van der Waals surface area contributed by atoms with Crippen LogP contribution in [0.5, 0.6) is 0 Å². The van der Waals surface area contributed by atoms with Gasteiger partial charge in [-0.3, -0.25) is 9.59 Å². The van der Waals surface area contributed by atoms with Crippen molar-refractivity contribution in [1.29, 1.82) is 0 Å². The van der Waals surface area contributed by atoms with E-state index in [4.69, 9.17) is 0 Å². The van der Waals surface area contributed by atoms with Gasteiger partial charge in [-0.25, -0.2) is 0 Å². The van der Waals surface area contributed by atoms with Gasteiger partial charge in [-0.05, 0) is 42.8 Å². The zero-order chi connectivity index (χ0) is 19.2. The minimum atomic E-state index is -0.290. The van der Waals surface area contributed by atoms with Crippen molar-refractivity contribution >= 4 is 33.8 Å². The van der Waals surface area contributed by atoms with Crippen LogP contribution in [0.4, 0.5) is 0 Å². The van der Waals surface area contributed by atoms with Crippen LogP contribution in [0.2, 0.25) is 0 Å². The summed E-state index contributed by atoms with van der Waals surface area (Å²) in [6, 6.07) is 14.9. The van der Waals surface area contributed by atoms with E-state index in [-0.39, 0.29) is 17.5 Å². The second-order valence-corrected chi connectivity index (χ2v) is 7.39. The van der Waals surface area contributed by atoms with Crippen molar-refractivity contribution in [2.75, 3.05) is 26.2 Å². The van der Waals surface area contributed by atoms with Gasteiger partial charge in [0.05, 0.1) is 0 Å². The highest BCUT2D eigenvalue weighted by atomic mass is 79.9. The van der Waals surface area contributed by atoms with Crippen LogP contribution >= 0.6 is 15.9 Å². The van der Waals surface area contributed by atoms with Crippen LogP contribution in [-0.2, 0) is 4.79 Å². The Balaban J connectivity index is 1.86. The largest absolute Gasteiger partial charge is 0.335 e. The molecule has 2 amide bonds. The van der Waals surface area contributed by atoms with E-state index < -0.39 is 0 Å². The molecule has 0 bridgehead atoms. The first-order valence-corrected chi connectivity index (χ1v) is 9.67. The Morgan fingerprint density at radius 1 is 1.04 bits per heavy atom. The number of piperazine rings is 1. The molecule has 27 heavy (non-hydrogen) atoms. The van der Waals surface area contributed by atoms with Crippen molar-refractivity contribution in [2.45, 2.75) is 6.92 Å². The molecule has 140 valence electrons. The van der Waals surface area contributed by atoms with Gasteiger partial charge in [-0.1, -0.05) is 45.8 Å².